The van der Waals surface area contributed by atoms with Crippen LogP contribution in [-0.2, 0) is 9.53 Å². The zero-order chi connectivity index (χ0) is 14.1. The summed E-state index contributed by atoms with van der Waals surface area (Å²) >= 11 is 1.89. The van der Waals surface area contributed by atoms with Crippen molar-refractivity contribution in [3.8, 4) is 0 Å². The summed E-state index contributed by atoms with van der Waals surface area (Å²) in [6.07, 6.45) is 7.71. The second-order valence-corrected chi connectivity index (χ2v) is 7.86. The smallest absolute Gasteiger partial charge is 0.223 e. The van der Waals surface area contributed by atoms with Gasteiger partial charge in [-0.2, -0.15) is 11.8 Å². The van der Waals surface area contributed by atoms with Crippen molar-refractivity contribution < 1.29 is 9.53 Å². The molecule has 1 atom stereocenters. The highest BCUT2D eigenvalue weighted by atomic mass is 35.5. The largest absolute Gasteiger partial charge is 0.381 e. The van der Waals surface area contributed by atoms with Crippen LogP contribution in [0.5, 0.6) is 0 Å². The molecular formula is C15H27ClN2O2S. The van der Waals surface area contributed by atoms with Gasteiger partial charge in [0.05, 0.1) is 0 Å². The molecular weight excluding hydrogens is 308 g/mol. The molecule has 3 aliphatic rings. The first-order valence-electron chi connectivity index (χ1n) is 7.81. The molecule has 2 heterocycles. The number of hydrogen-bond donors (Lipinski definition) is 2. The van der Waals surface area contributed by atoms with E-state index in [2.05, 4.69) is 16.9 Å². The molecule has 1 amide bonds. The van der Waals surface area contributed by atoms with E-state index in [1.165, 1.54) is 12.8 Å². The Morgan fingerprint density at radius 2 is 1.95 bits per heavy atom. The van der Waals surface area contributed by atoms with Crippen molar-refractivity contribution in [1.82, 2.24) is 10.6 Å². The maximum Gasteiger partial charge on any atom is 0.223 e. The van der Waals surface area contributed by atoms with Crippen LogP contribution in [0.4, 0.5) is 0 Å². The number of rotatable bonds is 4. The minimum Gasteiger partial charge on any atom is -0.381 e. The van der Waals surface area contributed by atoms with Gasteiger partial charge in [-0.15, -0.1) is 12.4 Å². The van der Waals surface area contributed by atoms with Crippen LogP contribution in [0, 0.1) is 11.3 Å². The van der Waals surface area contributed by atoms with Gasteiger partial charge in [0.15, 0.2) is 0 Å². The van der Waals surface area contributed by atoms with Crippen molar-refractivity contribution in [2.75, 3.05) is 39.1 Å². The van der Waals surface area contributed by atoms with E-state index in [0.717, 1.165) is 52.1 Å². The fraction of sp³-hybridized carbons (Fsp3) is 0.933. The van der Waals surface area contributed by atoms with Gasteiger partial charge in [-0.1, -0.05) is 0 Å². The molecule has 4 nitrogen and oxygen atoms in total. The second kappa shape index (κ2) is 7.07. The third-order valence-electron chi connectivity index (χ3n) is 5.53. The lowest BCUT2D eigenvalue weighted by atomic mass is 9.91. The van der Waals surface area contributed by atoms with Gasteiger partial charge in [0.2, 0.25) is 5.91 Å². The van der Waals surface area contributed by atoms with Gasteiger partial charge < -0.3 is 15.4 Å². The zero-order valence-electron chi connectivity index (χ0n) is 12.8. The fourth-order valence-electron chi connectivity index (χ4n) is 3.76. The lowest BCUT2D eigenvalue weighted by molar-refractivity contribution is -0.123. The van der Waals surface area contributed by atoms with E-state index >= 15 is 0 Å². The number of nitrogens with one attached hydrogen (secondary N) is 2. The summed E-state index contributed by atoms with van der Waals surface area (Å²) in [6, 6.07) is 0. The Balaban J connectivity index is 0.00000161. The van der Waals surface area contributed by atoms with Crippen molar-refractivity contribution in [3.63, 3.8) is 0 Å². The van der Waals surface area contributed by atoms with Crippen LogP contribution in [0.1, 0.15) is 32.1 Å². The molecule has 2 saturated heterocycles. The summed E-state index contributed by atoms with van der Waals surface area (Å²) in [5, 5.41) is 6.63. The molecule has 0 radical (unpaired) electrons. The summed E-state index contributed by atoms with van der Waals surface area (Å²) in [6.45, 7) is 4.62. The van der Waals surface area contributed by atoms with Gasteiger partial charge in [-0.3, -0.25) is 4.79 Å². The van der Waals surface area contributed by atoms with E-state index < -0.39 is 0 Å². The predicted molar refractivity (Wildman–Crippen MR) is 89.2 cm³/mol. The number of hydrogen-bond acceptors (Lipinski definition) is 4. The van der Waals surface area contributed by atoms with Gasteiger partial charge in [-0.25, -0.2) is 0 Å². The molecule has 0 aromatic rings. The molecule has 21 heavy (non-hydrogen) atoms. The quantitative estimate of drug-likeness (QED) is 0.823. The van der Waals surface area contributed by atoms with Crippen molar-refractivity contribution in [1.29, 1.82) is 0 Å². The lowest BCUT2D eigenvalue weighted by Crippen LogP contribution is -2.45. The van der Waals surface area contributed by atoms with Crippen LogP contribution in [0.25, 0.3) is 0 Å². The minimum absolute atomic E-state index is 0. The van der Waals surface area contributed by atoms with E-state index in [4.69, 9.17) is 4.74 Å². The first kappa shape index (κ1) is 17.4. The van der Waals surface area contributed by atoms with E-state index in [9.17, 15) is 4.79 Å². The Kier molecular flexibility index (Phi) is 5.85. The monoisotopic (exact) mass is 334 g/mol. The SMILES string of the molecule is CSC1(CNC(=O)C2CC23CCNCC3)CCOCC1.Cl. The maximum atomic E-state index is 12.4. The summed E-state index contributed by atoms with van der Waals surface area (Å²) in [7, 11) is 0. The molecule has 3 rings (SSSR count). The Bertz CT molecular complexity index is 369. The maximum absolute atomic E-state index is 12.4. The Morgan fingerprint density at radius 3 is 2.57 bits per heavy atom. The molecule has 122 valence electrons. The summed E-state index contributed by atoms with van der Waals surface area (Å²) in [4.78, 5) is 12.4. The standard InChI is InChI=1S/C15H26N2O2S.ClH/c1-20-15(4-8-19-9-5-15)11-17-13(18)12-10-14(12)2-6-16-7-3-14;/h12,16H,2-11H2,1H3,(H,17,18);1H. The zero-order valence-corrected chi connectivity index (χ0v) is 14.4. The number of amides is 1. The highest BCUT2D eigenvalue weighted by Gasteiger charge is 2.57. The van der Waals surface area contributed by atoms with E-state index in [1.54, 1.807) is 0 Å². The molecule has 0 bridgehead atoms. The van der Waals surface area contributed by atoms with Gasteiger partial charge in [0.1, 0.15) is 0 Å². The number of carbonyl (C=O) groups excluding carboxylic acids is 1. The van der Waals surface area contributed by atoms with E-state index in [0.29, 0.717) is 11.3 Å². The molecule has 2 aliphatic heterocycles. The Hall–Kier alpha value is 0.0300. The third kappa shape index (κ3) is 3.69. The molecule has 6 heteroatoms. The van der Waals surface area contributed by atoms with Crippen molar-refractivity contribution >= 4 is 30.1 Å². The normalized spacial score (nSPS) is 29.5. The molecule has 3 fully saturated rings. The van der Waals surface area contributed by atoms with Crippen LogP contribution in [-0.4, -0.2) is 49.8 Å². The first-order chi connectivity index (χ1) is 9.70. The Morgan fingerprint density at radius 1 is 1.29 bits per heavy atom. The summed E-state index contributed by atoms with van der Waals surface area (Å²) < 4.78 is 5.65. The topological polar surface area (TPSA) is 50.4 Å². The van der Waals surface area contributed by atoms with E-state index in [1.807, 2.05) is 11.8 Å². The van der Waals surface area contributed by atoms with Crippen LogP contribution < -0.4 is 10.6 Å². The number of thioether (sulfide) groups is 1. The van der Waals surface area contributed by atoms with E-state index in [-0.39, 0.29) is 23.1 Å². The van der Waals surface area contributed by atoms with Gasteiger partial charge in [0, 0.05) is 30.4 Å². The summed E-state index contributed by atoms with van der Waals surface area (Å²) in [5.41, 5.74) is 0.345. The molecule has 1 spiro atoms. The second-order valence-electron chi connectivity index (χ2n) is 6.59. The number of halogens is 1. The first-order valence-corrected chi connectivity index (χ1v) is 9.04. The van der Waals surface area contributed by atoms with Crippen LogP contribution >= 0.6 is 24.2 Å². The molecule has 0 aromatic carbocycles. The highest BCUT2D eigenvalue weighted by Crippen LogP contribution is 2.58. The van der Waals surface area contributed by atoms with Crippen LogP contribution in [0.15, 0.2) is 0 Å². The van der Waals surface area contributed by atoms with Gasteiger partial charge in [0.25, 0.3) is 0 Å². The average Bonchev–Trinajstić information content (AvgIpc) is 3.20. The lowest BCUT2D eigenvalue weighted by Gasteiger charge is -2.35. The van der Waals surface area contributed by atoms with Crippen molar-refractivity contribution in [2.24, 2.45) is 11.3 Å². The highest BCUT2D eigenvalue weighted by molar-refractivity contribution is 8.00. The molecule has 1 unspecified atom stereocenters. The number of carbonyl (C=O) groups is 1. The molecule has 2 N–H and O–H groups in total. The average molecular weight is 335 g/mol. The predicted octanol–water partition coefficient (Wildman–Crippen LogP) is 1.83. The fourth-order valence-corrected chi connectivity index (χ4v) is 4.55. The van der Waals surface area contributed by atoms with Gasteiger partial charge >= 0.3 is 0 Å². The number of ether oxygens (including phenoxy) is 1. The molecule has 1 saturated carbocycles. The van der Waals surface area contributed by atoms with Gasteiger partial charge in [-0.05, 0) is 56.9 Å². The summed E-state index contributed by atoms with van der Waals surface area (Å²) in [5.74, 6) is 0.579. The molecule has 1 aliphatic carbocycles. The van der Waals surface area contributed by atoms with Crippen molar-refractivity contribution in [3.05, 3.63) is 0 Å². The third-order valence-corrected chi connectivity index (χ3v) is 6.95. The molecule has 0 aromatic heterocycles. The Labute approximate surface area is 137 Å². The minimum atomic E-state index is 0. The number of piperidine rings is 1. The van der Waals surface area contributed by atoms with Crippen LogP contribution in [0.2, 0.25) is 0 Å². The van der Waals surface area contributed by atoms with Crippen molar-refractivity contribution in [2.45, 2.75) is 36.9 Å². The van der Waals surface area contributed by atoms with Crippen LogP contribution in [0.3, 0.4) is 0 Å².